The molecule has 3 nitrogen and oxygen atoms in total. The molecule has 0 fully saturated rings. The maximum absolute atomic E-state index is 12.5. The number of aromatic nitrogens is 1. The first-order valence-electron chi connectivity index (χ1n) is 6.61. The molecule has 6 heteroatoms. The van der Waals surface area contributed by atoms with Gasteiger partial charge in [0.1, 0.15) is 0 Å². The van der Waals surface area contributed by atoms with E-state index in [1.165, 1.54) is 6.07 Å². The van der Waals surface area contributed by atoms with Gasteiger partial charge in [-0.1, -0.05) is 12.1 Å². The molecule has 1 N–H and O–H groups in total. The quantitative estimate of drug-likeness (QED) is 0.899. The van der Waals surface area contributed by atoms with Gasteiger partial charge in [0.2, 0.25) is 5.88 Å². The Hall–Kier alpha value is -2.24. The summed E-state index contributed by atoms with van der Waals surface area (Å²) in [6, 6.07) is 7.84. The maximum atomic E-state index is 12.5. The van der Waals surface area contributed by atoms with Crippen LogP contribution in [-0.4, -0.2) is 11.5 Å². The SMILES string of the molecule is FC(F)(F)c1ccc(Oc2cccc3c2NCCC3)nc1. The smallest absolute Gasteiger partial charge is 0.417 e. The predicted octanol–water partition coefficient (Wildman–Crippen LogP) is 4.25. The average Bonchev–Trinajstić information content (AvgIpc) is 2.47. The Labute approximate surface area is 119 Å². The third-order valence-corrected chi connectivity index (χ3v) is 3.32. The number of halogens is 3. The number of aryl methyl sites for hydroxylation is 1. The number of alkyl halides is 3. The molecule has 0 bridgehead atoms. The van der Waals surface area contributed by atoms with Crippen LogP contribution in [0.25, 0.3) is 0 Å². The van der Waals surface area contributed by atoms with Gasteiger partial charge in [0.05, 0.1) is 11.3 Å². The van der Waals surface area contributed by atoms with Crippen molar-refractivity contribution in [2.45, 2.75) is 19.0 Å². The van der Waals surface area contributed by atoms with Gasteiger partial charge in [0.25, 0.3) is 0 Å². The number of fused-ring (bicyclic) bond motifs is 1. The summed E-state index contributed by atoms with van der Waals surface area (Å²) in [5, 5.41) is 3.25. The monoisotopic (exact) mass is 294 g/mol. The van der Waals surface area contributed by atoms with Gasteiger partial charge in [0.15, 0.2) is 5.75 Å². The highest BCUT2D eigenvalue weighted by Crippen LogP contribution is 2.35. The molecule has 0 saturated carbocycles. The van der Waals surface area contributed by atoms with E-state index < -0.39 is 11.7 Å². The highest BCUT2D eigenvalue weighted by Gasteiger charge is 2.30. The number of para-hydroxylation sites is 1. The summed E-state index contributed by atoms with van der Waals surface area (Å²) in [7, 11) is 0. The molecule has 0 radical (unpaired) electrons. The van der Waals surface area contributed by atoms with Gasteiger partial charge >= 0.3 is 6.18 Å². The van der Waals surface area contributed by atoms with Gasteiger partial charge < -0.3 is 10.1 Å². The molecule has 1 aliphatic heterocycles. The first-order chi connectivity index (χ1) is 10.0. The molecule has 0 aliphatic carbocycles. The minimum absolute atomic E-state index is 0.142. The van der Waals surface area contributed by atoms with Crippen molar-refractivity contribution in [2.75, 3.05) is 11.9 Å². The van der Waals surface area contributed by atoms with E-state index >= 15 is 0 Å². The minimum atomic E-state index is -4.39. The van der Waals surface area contributed by atoms with Crippen LogP contribution in [0.1, 0.15) is 17.5 Å². The lowest BCUT2D eigenvalue weighted by molar-refractivity contribution is -0.137. The fraction of sp³-hybridized carbons (Fsp3) is 0.267. The van der Waals surface area contributed by atoms with Crippen LogP contribution in [0.15, 0.2) is 36.5 Å². The molecule has 0 atom stereocenters. The van der Waals surface area contributed by atoms with Crippen molar-refractivity contribution in [3.05, 3.63) is 47.7 Å². The van der Waals surface area contributed by atoms with Gasteiger partial charge in [-0.15, -0.1) is 0 Å². The predicted molar refractivity (Wildman–Crippen MR) is 72.6 cm³/mol. The van der Waals surface area contributed by atoms with E-state index in [-0.39, 0.29) is 5.88 Å². The Balaban J connectivity index is 1.84. The highest BCUT2D eigenvalue weighted by molar-refractivity contribution is 5.64. The summed E-state index contributed by atoms with van der Waals surface area (Å²) in [6.07, 6.45) is -1.61. The van der Waals surface area contributed by atoms with Crippen LogP contribution in [-0.2, 0) is 12.6 Å². The lowest BCUT2D eigenvalue weighted by Crippen LogP contribution is -2.12. The van der Waals surface area contributed by atoms with Crippen LogP contribution >= 0.6 is 0 Å². The van der Waals surface area contributed by atoms with Crippen LogP contribution in [0.3, 0.4) is 0 Å². The number of benzene rings is 1. The highest BCUT2D eigenvalue weighted by atomic mass is 19.4. The molecular formula is C15H13F3N2O. The largest absolute Gasteiger partial charge is 0.437 e. The van der Waals surface area contributed by atoms with Crippen LogP contribution in [0.5, 0.6) is 11.6 Å². The molecule has 1 aromatic carbocycles. The molecule has 0 saturated heterocycles. The second-order valence-electron chi connectivity index (χ2n) is 4.81. The van der Waals surface area contributed by atoms with E-state index in [2.05, 4.69) is 10.3 Å². The standard InChI is InChI=1S/C15H13F3N2O/c16-15(17,18)11-6-7-13(20-9-11)21-12-5-1-3-10-4-2-8-19-14(10)12/h1,3,5-7,9,19H,2,4,8H2. The molecule has 110 valence electrons. The number of nitrogens with zero attached hydrogens (tertiary/aromatic N) is 1. The molecular weight excluding hydrogens is 281 g/mol. The molecule has 0 amide bonds. The van der Waals surface area contributed by atoms with Gasteiger partial charge in [-0.2, -0.15) is 13.2 Å². The van der Waals surface area contributed by atoms with Gasteiger partial charge in [-0.05, 0) is 30.5 Å². The summed E-state index contributed by atoms with van der Waals surface area (Å²) >= 11 is 0. The van der Waals surface area contributed by atoms with Crippen molar-refractivity contribution in [1.29, 1.82) is 0 Å². The molecule has 3 rings (SSSR count). The van der Waals surface area contributed by atoms with Crippen molar-refractivity contribution in [3.8, 4) is 11.6 Å². The third kappa shape index (κ3) is 2.94. The van der Waals surface area contributed by atoms with Crippen LogP contribution < -0.4 is 10.1 Å². The fourth-order valence-corrected chi connectivity index (χ4v) is 2.28. The fourth-order valence-electron chi connectivity index (χ4n) is 2.28. The normalized spacial score (nSPS) is 14.2. The van der Waals surface area contributed by atoms with E-state index in [0.29, 0.717) is 5.75 Å². The van der Waals surface area contributed by atoms with E-state index in [9.17, 15) is 13.2 Å². The molecule has 21 heavy (non-hydrogen) atoms. The number of nitrogens with one attached hydrogen (secondary N) is 1. The lowest BCUT2D eigenvalue weighted by atomic mass is 10.0. The topological polar surface area (TPSA) is 34.1 Å². The van der Waals surface area contributed by atoms with Crippen LogP contribution in [0.4, 0.5) is 18.9 Å². The van der Waals surface area contributed by atoms with E-state index in [4.69, 9.17) is 4.74 Å². The molecule has 1 aromatic heterocycles. The summed E-state index contributed by atoms with van der Waals surface area (Å²) < 4.78 is 43.0. The first kappa shape index (κ1) is 13.7. The Morgan fingerprint density at radius 2 is 2.00 bits per heavy atom. The molecule has 0 spiro atoms. The Bertz CT molecular complexity index is 638. The number of ether oxygens (including phenoxy) is 1. The maximum Gasteiger partial charge on any atom is 0.417 e. The van der Waals surface area contributed by atoms with Crippen molar-refractivity contribution in [1.82, 2.24) is 4.98 Å². The number of rotatable bonds is 2. The number of pyridine rings is 1. The second-order valence-corrected chi connectivity index (χ2v) is 4.81. The molecule has 0 unspecified atom stereocenters. The zero-order valence-corrected chi connectivity index (χ0v) is 11.1. The van der Waals surface area contributed by atoms with Gasteiger partial charge in [-0.25, -0.2) is 4.98 Å². The van der Waals surface area contributed by atoms with E-state index in [1.807, 2.05) is 12.1 Å². The number of hydrogen-bond acceptors (Lipinski definition) is 3. The Kier molecular flexibility index (Phi) is 3.45. The molecule has 2 aromatic rings. The van der Waals surface area contributed by atoms with Crippen molar-refractivity contribution in [2.24, 2.45) is 0 Å². The zero-order valence-electron chi connectivity index (χ0n) is 11.1. The van der Waals surface area contributed by atoms with E-state index in [0.717, 1.165) is 42.9 Å². The summed E-state index contributed by atoms with van der Waals surface area (Å²) in [4.78, 5) is 3.72. The summed E-state index contributed by atoms with van der Waals surface area (Å²) in [5.74, 6) is 0.725. The van der Waals surface area contributed by atoms with Crippen molar-refractivity contribution in [3.63, 3.8) is 0 Å². The average molecular weight is 294 g/mol. The molecule has 2 heterocycles. The number of hydrogen-bond donors (Lipinski definition) is 1. The van der Waals surface area contributed by atoms with Crippen LogP contribution in [0, 0.1) is 0 Å². The van der Waals surface area contributed by atoms with Crippen molar-refractivity contribution >= 4 is 5.69 Å². The lowest BCUT2D eigenvalue weighted by Gasteiger charge is -2.20. The first-order valence-corrected chi connectivity index (χ1v) is 6.61. The molecule has 1 aliphatic rings. The zero-order chi connectivity index (χ0) is 14.9. The van der Waals surface area contributed by atoms with Crippen molar-refractivity contribution < 1.29 is 17.9 Å². The Morgan fingerprint density at radius 1 is 1.14 bits per heavy atom. The van der Waals surface area contributed by atoms with Gasteiger partial charge in [-0.3, -0.25) is 0 Å². The summed E-state index contributed by atoms with van der Waals surface area (Å²) in [6.45, 7) is 0.855. The van der Waals surface area contributed by atoms with E-state index in [1.54, 1.807) is 6.07 Å². The Morgan fingerprint density at radius 3 is 2.71 bits per heavy atom. The van der Waals surface area contributed by atoms with Gasteiger partial charge in [0, 0.05) is 18.8 Å². The van der Waals surface area contributed by atoms with Crippen LogP contribution in [0.2, 0.25) is 0 Å². The third-order valence-electron chi connectivity index (χ3n) is 3.32. The second kappa shape index (κ2) is 5.27. The number of anilines is 1. The summed E-state index contributed by atoms with van der Waals surface area (Å²) in [5.41, 5.74) is 1.25. The minimum Gasteiger partial charge on any atom is -0.437 e.